The maximum absolute atomic E-state index is 9.38. The summed E-state index contributed by atoms with van der Waals surface area (Å²) in [6.45, 7) is 0.424. The molecule has 30 heavy (non-hydrogen) atoms. The smallest absolute Gasteiger partial charge is 0.240 e. The first kappa shape index (κ1) is 17.7. The molecule has 0 radical (unpaired) electrons. The Morgan fingerprint density at radius 2 is 1.93 bits per heavy atom. The van der Waals surface area contributed by atoms with E-state index in [1.54, 1.807) is 28.8 Å². The largest absolute Gasteiger partial charge is 0.505 e. The highest BCUT2D eigenvalue weighted by Gasteiger charge is 2.12. The van der Waals surface area contributed by atoms with Crippen LogP contribution in [0.4, 0.5) is 0 Å². The molecule has 0 spiro atoms. The molecule has 0 unspecified atom stereocenters. The number of aromatic hydroxyl groups is 1. The van der Waals surface area contributed by atoms with E-state index in [0.717, 1.165) is 11.1 Å². The second-order valence-electron chi connectivity index (χ2n) is 6.52. The van der Waals surface area contributed by atoms with Crippen LogP contribution in [-0.2, 0) is 13.6 Å². The minimum atomic E-state index is 0.0203. The van der Waals surface area contributed by atoms with E-state index >= 15 is 0 Å². The fraction of sp³-hybridized carbons (Fsp3) is 0.105. The van der Waals surface area contributed by atoms with Crippen LogP contribution in [0.2, 0.25) is 0 Å². The van der Waals surface area contributed by atoms with Gasteiger partial charge in [-0.1, -0.05) is 23.4 Å². The highest BCUT2D eigenvalue weighted by atomic mass is 16.5. The molecule has 0 aliphatic carbocycles. The van der Waals surface area contributed by atoms with Crippen LogP contribution in [0.3, 0.4) is 0 Å². The molecule has 1 N–H and O–H groups in total. The Morgan fingerprint density at radius 3 is 2.73 bits per heavy atom. The number of aryl methyl sites for hydroxylation is 1. The quantitative estimate of drug-likeness (QED) is 0.469. The summed E-state index contributed by atoms with van der Waals surface area (Å²) in [5.74, 6) is 1.42. The average molecular weight is 401 g/mol. The van der Waals surface area contributed by atoms with Crippen molar-refractivity contribution in [2.75, 3.05) is 0 Å². The van der Waals surface area contributed by atoms with Crippen molar-refractivity contribution in [1.29, 1.82) is 0 Å². The van der Waals surface area contributed by atoms with Crippen molar-refractivity contribution in [1.82, 2.24) is 44.7 Å². The summed E-state index contributed by atoms with van der Waals surface area (Å²) in [7, 11) is 1.80. The maximum Gasteiger partial charge on any atom is 0.240 e. The third kappa shape index (κ3) is 3.51. The van der Waals surface area contributed by atoms with Crippen molar-refractivity contribution in [2.45, 2.75) is 6.54 Å². The minimum absolute atomic E-state index is 0.0203. The molecule has 0 fully saturated rings. The molecule has 5 rings (SSSR count). The zero-order chi connectivity index (χ0) is 20.5. The Balaban J connectivity index is 1.43. The number of hydrogen-bond acceptors (Lipinski definition) is 9. The molecule has 4 heterocycles. The molecule has 0 atom stereocenters. The van der Waals surface area contributed by atoms with Crippen molar-refractivity contribution in [3.05, 3.63) is 60.8 Å². The Hall–Kier alpha value is -4.41. The zero-order valence-corrected chi connectivity index (χ0v) is 15.8. The molecule has 5 aromatic rings. The van der Waals surface area contributed by atoms with Gasteiger partial charge in [-0.15, -0.1) is 5.10 Å². The highest BCUT2D eigenvalue weighted by molar-refractivity contribution is 5.65. The van der Waals surface area contributed by atoms with Gasteiger partial charge in [0.25, 0.3) is 0 Å². The first-order valence-electron chi connectivity index (χ1n) is 8.97. The van der Waals surface area contributed by atoms with E-state index in [4.69, 9.17) is 4.74 Å². The molecule has 0 bridgehead atoms. The SMILES string of the molecule is Cn1cc(Oc2cnc3nnn(Cc4cccc(-c5ncc(O)cn5)c4)c3n2)cn1. The lowest BCUT2D eigenvalue weighted by molar-refractivity contribution is 0.461. The van der Waals surface area contributed by atoms with Crippen molar-refractivity contribution in [3.63, 3.8) is 0 Å². The van der Waals surface area contributed by atoms with Gasteiger partial charge in [-0.3, -0.25) is 4.68 Å². The van der Waals surface area contributed by atoms with Crippen LogP contribution in [0.25, 0.3) is 22.7 Å². The number of nitrogens with zero attached hydrogens (tertiary/aromatic N) is 9. The molecular formula is C19H15N9O2. The number of rotatable bonds is 5. The van der Waals surface area contributed by atoms with E-state index in [1.165, 1.54) is 18.6 Å². The second kappa shape index (κ2) is 7.20. The Morgan fingerprint density at radius 1 is 1.07 bits per heavy atom. The van der Waals surface area contributed by atoms with Gasteiger partial charge in [0.05, 0.1) is 37.5 Å². The van der Waals surface area contributed by atoms with E-state index in [-0.39, 0.29) is 5.75 Å². The number of benzene rings is 1. The Kier molecular flexibility index (Phi) is 4.24. The van der Waals surface area contributed by atoms with Crippen LogP contribution in [0.1, 0.15) is 5.56 Å². The molecule has 0 aliphatic heterocycles. The molecule has 0 saturated heterocycles. The third-order valence-electron chi connectivity index (χ3n) is 4.26. The predicted octanol–water partition coefficient (Wildman–Crippen LogP) is 1.96. The minimum Gasteiger partial charge on any atom is -0.505 e. The molecule has 148 valence electrons. The molecule has 4 aromatic heterocycles. The Bertz CT molecular complexity index is 1330. The first-order chi connectivity index (χ1) is 14.6. The molecule has 11 nitrogen and oxygen atoms in total. The zero-order valence-electron chi connectivity index (χ0n) is 15.8. The lowest BCUT2D eigenvalue weighted by atomic mass is 10.1. The molecule has 1 aromatic carbocycles. The van der Waals surface area contributed by atoms with Gasteiger partial charge in [0.1, 0.15) is 0 Å². The fourth-order valence-electron chi connectivity index (χ4n) is 2.92. The van der Waals surface area contributed by atoms with Crippen molar-refractivity contribution in [2.24, 2.45) is 7.05 Å². The summed E-state index contributed by atoms with van der Waals surface area (Å²) >= 11 is 0. The van der Waals surface area contributed by atoms with Gasteiger partial charge in [0.2, 0.25) is 17.2 Å². The molecular weight excluding hydrogens is 386 g/mol. The average Bonchev–Trinajstić information content (AvgIpc) is 3.34. The summed E-state index contributed by atoms with van der Waals surface area (Å²) in [6, 6.07) is 7.71. The Labute approximate surface area is 169 Å². The molecule has 0 aliphatic rings. The summed E-state index contributed by atoms with van der Waals surface area (Å²) in [4.78, 5) is 17.1. The first-order valence-corrected chi connectivity index (χ1v) is 8.97. The van der Waals surface area contributed by atoms with E-state index in [0.29, 0.717) is 35.3 Å². The van der Waals surface area contributed by atoms with Gasteiger partial charge in [-0.2, -0.15) is 10.1 Å². The van der Waals surface area contributed by atoms with E-state index < -0.39 is 0 Å². The molecule has 0 saturated carbocycles. The van der Waals surface area contributed by atoms with Gasteiger partial charge in [-0.25, -0.2) is 19.6 Å². The standard InChI is InChI=1S/C19H15N9O2/c1-27-11-15(8-23-27)30-16-9-22-18-19(24-16)28(26-25-18)10-12-3-2-4-13(5-12)17-20-6-14(29)7-21-17/h2-9,11,29H,10H2,1H3. The summed E-state index contributed by atoms with van der Waals surface area (Å²) < 4.78 is 8.99. The predicted molar refractivity (Wildman–Crippen MR) is 105 cm³/mol. The van der Waals surface area contributed by atoms with Gasteiger partial charge in [0.15, 0.2) is 17.3 Å². The van der Waals surface area contributed by atoms with Crippen LogP contribution in [-0.4, -0.2) is 49.8 Å². The van der Waals surface area contributed by atoms with Crippen LogP contribution < -0.4 is 4.74 Å². The van der Waals surface area contributed by atoms with Crippen molar-refractivity contribution >= 4 is 11.3 Å². The van der Waals surface area contributed by atoms with Crippen LogP contribution in [0.15, 0.2) is 55.2 Å². The second-order valence-corrected chi connectivity index (χ2v) is 6.52. The van der Waals surface area contributed by atoms with Crippen LogP contribution in [0.5, 0.6) is 17.4 Å². The van der Waals surface area contributed by atoms with Gasteiger partial charge in [0, 0.05) is 12.6 Å². The van der Waals surface area contributed by atoms with Gasteiger partial charge in [-0.05, 0) is 11.6 Å². The molecule has 11 heteroatoms. The van der Waals surface area contributed by atoms with Crippen molar-refractivity contribution in [3.8, 4) is 28.8 Å². The summed E-state index contributed by atoms with van der Waals surface area (Å²) in [5, 5.41) is 21.7. The monoisotopic (exact) mass is 401 g/mol. The van der Waals surface area contributed by atoms with Crippen LogP contribution >= 0.6 is 0 Å². The lowest BCUT2D eigenvalue weighted by Crippen LogP contribution is -2.04. The normalized spacial score (nSPS) is 11.1. The van der Waals surface area contributed by atoms with Crippen LogP contribution in [0, 0.1) is 0 Å². The number of aromatic nitrogens is 9. The summed E-state index contributed by atoms with van der Waals surface area (Å²) in [6.07, 6.45) is 7.55. The topological polar surface area (TPSA) is 130 Å². The van der Waals surface area contributed by atoms with E-state index in [9.17, 15) is 5.11 Å². The van der Waals surface area contributed by atoms with Crippen molar-refractivity contribution < 1.29 is 9.84 Å². The lowest BCUT2D eigenvalue weighted by Gasteiger charge is -2.06. The number of ether oxygens (including phenoxy) is 1. The third-order valence-corrected chi connectivity index (χ3v) is 4.26. The summed E-state index contributed by atoms with van der Waals surface area (Å²) in [5.41, 5.74) is 2.70. The van der Waals surface area contributed by atoms with Gasteiger partial charge >= 0.3 is 0 Å². The maximum atomic E-state index is 9.38. The fourth-order valence-corrected chi connectivity index (χ4v) is 2.92. The number of fused-ring (bicyclic) bond motifs is 1. The number of hydrogen-bond donors (Lipinski definition) is 1. The molecule has 0 amide bonds. The van der Waals surface area contributed by atoms with E-state index in [2.05, 4.69) is 35.3 Å². The van der Waals surface area contributed by atoms with Gasteiger partial charge < -0.3 is 9.84 Å². The highest BCUT2D eigenvalue weighted by Crippen LogP contribution is 2.21. The van der Waals surface area contributed by atoms with E-state index in [1.807, 2.05) is 24.3 Å².